The smallest absolute Gasteiger partial charge is 0.254 e. The Balaban J connectivity index is 1.96. The second-order valence-electron chi connectivity index (χ2n) is 6.08. The van der Waals surface area contributed by atoms with Gasteiger partial charge >= 0.3 is 0 Å². The molecule has 0 radical (unpaired) electrons. The van der Waals surface area contributed by atoms with Gasteiger partial charge in [0.25, 0.3) is 5.56 Å². The van der Waals surface area contributed by atoms with E-state index in [1.54, 1.807) is 14.0 Å². The first-order valence-electron chi connectivity index (χ1n) is 8.21. The molecule has 27 heavy (non-hydrogen) atoms. The van der Waals surface area contributed by atoms with E-state index in [4.69, 9.17) is 0 Å². The summed E-state index contributed by atoms with van der Waals surface area (Å²) in [7, 11) is 1.54. The van der Waals surface area contributed by atoms with Gasteiger partial charge in [-0.2, -0.15) is 0 Å². The van der Waals surface area contributed by atoms with Crippen LogP contribution in [0.3, 0.4) is 0 Å². The number of amides is 1. The number of likely N-dealkylation sites (N-methyl/N-ethyl adjacent to an activating group) is 1. The van der Waals surface area contributed by atoms with Gasteiger partial charge in [-0.15, -0.1) is 0 Å². The average Bonchev–Trinajstić information content (AvgIpc) is 2.64. The molecule has 7 heteroatoms. The van der Waals surface area contributed by atoms with E-state index >= 15 is 0 Å². The molecule has 0 bridgehead atoms. The number of benzene rings is 2. The van der Waals surface area contributed by atoms with Crippen LogP contribution in [0.5, 0.6) is 0 Å². The fourth-order valence-corrected chi connectivity index (χ4v) is 2.64. The highest BCUT2D eigenvalue weighted by molar-refractivity contribution is 5.92. The molecular weight excluding hydrogens is 352 g/mol. The summed E-state index contributed by atoms with van der Waals surface area (Å²) < 4.78 is 27.5. The van der Waals surface area contributed by atoms with Crippen molar-refractivity contribution < 1.29 is 13.6 Å². The predicted molar refractivity (Wildman–Crippen MR) is 98.4 cm³/mol. The number of hydrogen-bond acceptors (Lipinski definition) is 3. The van der Waals surface area contributed by atoms with Crippen LogP contribution in [0.2, 0.25) is 0 Å². The van der Waals surface area contributed by atoms with Gasteiger partial charge in [-0.3, -0.25) is 14.2 Å². The zero-order valence-corrected chi connectivity index (χ0v) is 14.8. The van der Waals surface area contributed by atoms with Crippen molar-refractivity contribution in [3.05, 3.63) is 82.3 Å². The molecule has 0 unspecified atom stereocenters. The van der Waals surface area contributed by atoms with Crippen molar-refractivity contribution in [2.24, 2.45) is 0 Å². The molecule has 3 rings (SSSR count). The summed E-state index contributed by atoms with van der Waals surface area (Å²) in [6.07, 6.45) is 0. The first-order valence-corrected chi connectivity index (χ1v) is 8.21. The van der Waals surface area contributed by atoms with Gasteiger partial charge in [0.1, 0.15) is 24.0 Å². The van der Waals surface area contributed by atoms with Crippen LogP contribution in [0, 0.1) is 18.6 Å². The molecule has 0 fully saturated rings. The van der Waals surface area contributed by atoms with Gasteiger partial charge in [0.05, 0.1) is 0 Å². The molecular formula is C20H17F2N3O2. The first kappa shape index (κ1) is 18.4. The summed E-state index contributed by atoms with van der Waals surface area (Å²) in [4.78, 5) is 30.8. The Hall–Kier alpha value is -3.35. The van der Waals surface area contributed by atoms with Crippen molar-refractivity contribution in [3.63, 3.8) is 0 Å². The van der Waals surface area contributed by atoms with Crippen LogP contribution >= 0.6 is 0 Å². The maximum atomic E-state index is 13.2. The number of carbonyl (C=O) groups excluding carboxylic acids is 1. The average molecular weight is 369 g/mol. The first-order chi connectivity index (χ1) is 12.8. The van der Waals surface area contributed by atoms with Gasteiger partial charge in [0.15, 0.2) is 0 Å². The van der Waals surface area contributed by atoms with Gasteiger partial charge in [0.2, 0.25) is 5.91 Å². The minimum absolute atomic E-state index is 0.257. The van der Waals surface area contributed by atoms with Crippen molar-refractivity contribution >= 4 is 11.6 Å². The van der Waals surface area contributed by atoms with Crippen LogP contribution in [0.4, 0.5) is 14.5 Å². The molecule has 0 aliphatic carbocycles. The zero-order chi connectivity index (χ0) is 19.6. The van der Waals surface area contributed by atoms with Crippen LogP contribution in [0.1, 0.15) is 5.69 Å². The maximum Gasteiger partial charge on any atom is 0.254 e. The van der Waals surface area contributed by atoms with Gasteiger partial charge < -0.3 is 4.90 Å². The number of aromatic nitrogens is 2. The molecule has 0 atom stereocenters. The van der Waals surface area contributed by atoms with E-state index in [0.717, 1.165) is 0 Å². The number of anilines is 1. The van der Waals surface area contributed by atoms with Gasteiger partial charge in [0, 0.05) is 30.1 Å². The van der Waals surface area contributed by atoms with E-state index in [2.05, 4.69) is 4.98 Å². The fourth-order valence-electron chi connectivity index (χ4n) is 2.64. The minimum Gasteiger partial charge on any atom is -0.314 e. The lowest BCUT2D eigenvalue weighted by Gasteiger charge is -2.19. The SMILES string of the molecule is Cc1cc(=O)n(CC(=O)N(C)c2ccc(F)cc2)c(-c2ccc(F)cc2)n1. The summed E-state index contributed by atoms with van der Waals surface area (Å²) in [5, 5.41) is 0. The quantitative estimate of drug-likeness (QED) is 0.710. The van der Waals surface area contributed by atoms with E-state index in [1.165, 1.54) is 64.1 Å². The Morgan fingerprint density at radius 1 is 1.04 bits per heavy atom. The number of carbonyl (C=O) groups is 1. The molecule has 1 aromatic heterocycles. The summed E-state index contributed by atoms with van der Waals surface area (Å²) in [5.41, 5.74) is 1.13. The lowest BCUT2D eigenvalue weighted by molar-refractivity contribution is -0.118. The molecule has 0 aliphatic heterocycles. The van der Waals surface area contributed by atoms with E-state index in [9.17, 15) is 18.4 Å². The number of hydrogen-bond donors (Lipinski definition) is 0. The Bertz CT molecular complexity index is 1030. The van der Waals surface area contributed by atoms with E-state index < -0.39 is 11.6 Å². The largest absolute Gasteiger partial charge is 0.314 e. The van der Waals surface area contributed by atoms with Gasteiger partial charge in [-0.25, -0.2) is 13.8 Å². The summed E-state index contributed by atoms with van der Waals surface area (Å²) in [5.74, 6) is -0.914. The van der Waals surface area contributed by atoms with E-state index in [1.807, 2.05) is 0 Å². The minimum atomic E-state index is -0.410. The van der Waals surface area contributed by atoms with Crippen molar-refractivity contribution in [2.45, 2.75) is 13.5 Å². The van der Waals surface area contributed by atoms with Crippen molar-refractivity contribution in [1.82, 2.24) is 9.55 Å². The molecule has 0 aliphatic rings. The lowest BCUT2D eigenvalue weighted by Crippen LogP contribution is -2.35. The maximum absolute atomic E-state index is 13.2. The van der Waals surface area contributed by atoms with Gasteiger partial charge in [-0.1, -0.05) is 0 Å². The second-order valence-corrected chi connectivity index (χ2v) is 6.08. The predicted octanol–water partition coefficient (Wildman–Crippen LogP) is 3.16. The van der Waals surface area contributed by atoms with Crippen LogP contribution in [0.25, 0.3) is 11.4 Å². The second kappa shape index (κ2) is 7.49. The van der Waals surface area contributed by atoms with Crippen LogP contribution in [0.15, 0.2) is 59.4 Å². The highest BCUT2D eigenvalue weighted by Gasteiger charge is 2.17. The molecule has 0 saturated heterocycles. The Labute approximate surface area is 154 Å². The molecule has 1 amide bonds. The lowest BCUT2D eigenvalue weighted by atomic mass is 10.2. The molecule has 0 saturated carbocycles. The van der Waals surface area contributed by atoms with Crippen LogP contribution < -0.4 is 10.5 Å². The van der Waals surface area contributed by atoms with Crippen molar-refractivity contribution in [3.8, 4) is 11.4 Å². The zero-order valence-electron chi connectivity index (χ0n) is 14.8. The fraction of sp³-hybridized carbons (Fsp3) is 0.150. The number of halogens is 2. The summed E-state index contributed by atoms with van der Waals surface area (Å²) in [6, 6.07) is 12.3. The Morgan fingerprint density at radius 2 is 1.59 bits per heavy atom. The van der Waals surface area contributed by atoms with Crippen molar-refractivity contribution in [1.29, 1.82) is 0 Å². The third-order valence-corrected chi connectivity index (χ3v) is 4.12. The molecule has 0 N–H and O–H groups in total. The topological polar surface area (TPSA) is 55.2 Å². The number of nitrogens with zero attached hydrogens (tertiary/aromatic N) is 3. The molecule has 5 nitrogen and oxygen atoms in total. The molecule has 1 heterocycles. The Kier molecular flexibility index (Phi) is 5.12. The Morgan fingerprint density at radius 3 is 2.19 bits per heavy atom. The molecule has 0 spiro atoms. The van der Waals surface area contributed by atoms with Crippen molar-refractivity contribution in [2.75, 3.05) is 11.9 Å². The highest BCUT2D eigenvalue weighted by atomic mass is 19.1. The van der Waals surface area contributed by atoms with E-state index in [0.29, 0.717) is 16.9 Å². The molecule has 3 aromatic rings. The summed E-state index contributed by atoms with van der Waals surface area (Å²) in [6.45, 7) is 1.41. The standard InChI is InChI=1S/C20H17F2N3O2/c1-13-11-18(26)25(20(23-13)14-3-5-15(21)6-4-14)12-19(27)24(2)17-9-7-16(22)8-10-17/h3-11H,12H2,1-2H3. The third-order valence-electron chi connectivity index (χ3n) is 4.12. The molecule has 2 aromatic carbocycles. The monoisotopic (exact) mass is 369 g/mol. The number of aryl methyl sites for hydroxylation is 1. The highest BCUT2D eigenvalue weighted by Crippen LogP contribution is 2.18. The normalized spacial score (nSPS) is 10.7. The third kappa shape index (κ3) is 4.08. The molecule has 138 valence electrons. The van der Waals surface area contributed by atoms with Crippen LogP contribution in [-0.2, 0) is 11.3 Å². The van der Waals surface area contributed by atoms with Crippen LogP contribution in [-0.4, -0.2) is 22.5 Å². The van der Waals surface area contributed by atoms with Gasteiger partial charge in [-0.05, 0) is 55.5 Å². The number of rotatable bonds is 4. The van der Waals surface area contributed by atoms with E-state index in [-0.39, 0.29) is 23.8 Å². The summed E-state index contributed by atoms with van der Waals surface area (Å²) >= 11 is 0.